The fourth-order valence-corrected chi connectivity index (χ4v) is 1.60. The highest BCUT2D eigenvalue weighted by atomic mass is 19.1. The number of urea groups is 1. The lowest BCUT2D eigenvalue weighted by Crippen LogP contribution is -2.25. The van der Waals surface area contributed by atoms with E-state index in [1.165, 1.54) is 6.07 Å². The molecule has 0 saturated heterocycles. The lowest BCUT2D eigenvalue weighted by atomic mass is 10.2. The number of nitrogens with one attached hydrogen (secondary N) is 2. The molecule has 0 spiro atoms. The Morgan fingerprint density at radius 1 is 1.33 bits per heavy atom. The average Bonchev–Trinajstić information content (AvgIpc) is 3.15. The van der Waals surface area contributed by atoms with Crippen molar-refractivity contribution in [2.45, 2.75) is 19.8 Å². The zero-order chi connectivity index (χ0) is 13.1. The minimum absolute atomic E-state index is 0.438. The van der Waals surface area contributed by atoms with Crippen LogP contribution < -0.4 is 10.6 Å². The van der Waals surface area contributed by atoms with E-state index in [0.29, 0.717) is 5.92 Å². The smallest absolute Gasteiger partial charge is 0.314 e. The van der Waals surface area contributed by atoms with Gasteiger partial charge in [0.05, 0.1) is 0 Å². The maximum atomic E-state index is 13.2. The maximum Gasteiger partial charge on any atom is 0.323 e. The average molecular weight is 252 g/mol. The number of halogens is 2. The van der Waals surface area contributed by atoms with Crippen LogP contribution in [0.4, 0.5) is 19.3 Å². The van der Waals surface area contributed by atoms with Gasteiger partial charge in [0.25, 0.3) is 0 Å². The molecule has 2 N–H and O–H groups in total. The second-order valence-corrected chi connectivity index (χ2v) is 4.36. The van der Waals surface area contributed by atoms with Crippen molar-refractivity contribution in [2.24, 2.45) is 5.92 Å². The third-order valence-corrected chi connectivity index (χ3v) is 2.85. The number of para-hydroxylation sites is 1. The molecule has 1 saturated carbocycles. The Labute approximate surface area is 104 Å². The SMILES string of the molecule is C/C(=C\NC(=O)Nc1c(F)cccc1F)C1CC1. The molecule has 0 bridgehead atoms. The van der Waals surface area contributed by atoms with E-state index in [4.69, 9.17) is 0 Å². The summed E-state index contributed by atoms with van der Waals surface area (Å²) in [6, 6.07) is 2.76. The van der Waals surface area contributed by atoms with Gasteiger partial charge < -0.3 is 10.6 Å². The first-order valence-electron chi connectivity index (χ1n) is 5.76. The second kappa shape index (κ2) is 5.16. The van der Waals surface area contributed by atoms with Crippen LogP contribution in [0.5, 0.6) is 0 Å². The van der Waals surface area contributed by atoms with E-state index in [-0.39, 0.29) is 0 Å². The first kappa shape index (κ1) is 12.5. The molecule has 2 rings (SSSR count). The molecule has 0 unspecified atom stereocenters. The molecule has 0 heterocycles. The normalized spacial score (nSPS) is 15.4. The molecule has 5 heteroatoms. The number of carbonyl (C=O) groups excluding carboxylic acids is 1. The number of benzene rings is 1. The Morgan fingerprint density at radius 3 is 2.50 bits per heavy atom. The molecule has 0 atom stereocenters. The molecule has 1 aromatic rings. The van der Waals surface area contributed by atoms with Crippen LogP contribution in [0.3, 0.4) is 0 Å². The number of amides is 2. The Bertz CT molecular complexity index is 476. The minimum Gasteiger partial charge on any atom is -0.314 e. The molecule has 1 aliphatic rings. The van der Waals surface area contributed by atoms with Crippen LogP contribution in [0, 0.1) is 17.6 Å². The molecule has 3 nitrogen and oxygen atoms in total. The van der Waals surface area contributed by atoms with Crippen molar-refractivity contribution in [3.05, 3.63) is 41.6 Å². The van der Waals surface area contributed by atoms with Crippen LogP contribution in [0.1, 0.15) is 19.8 Å². The van der Waals surface area contributed by atoms with Crippen molar-refractivity contribution < 1.29 is 13.6 Å². The summed E-state index contributed by atoms with van der Waals surface area (Å²) in [5.74, 6) is -1.06. The van der Waals surface area contributed by atoms with Gasteiger partial charge in [-0.25, -0.2) is 13.6 Å². The summed E-state index contributed by atoms with van der Waals surface area (Å²) in [5.41, 5.74) is 0.631. The Kier molecular flexibility index (Phi) is 3.60. The second-order valence-electron chi connectivity index (χ2n) is 4.36. The highest BCUT2D eigenvalue weighted by Gasteiger charge is 2.22. The van der Waals surface area contributed by atoms with Crippen molar-refractivity contribution >= 4 is 11.7 Å². The molecule has 0 aliphatic heterocycles. The van der Waals surface area contributed by atoms with Gasteiger partial charge in [0.15, 0.2) is 0 Å². The number of hydrogen-bond acceptors (Lipinski definition) is 1. The lowest BCUT2D eigenvalue weighted by molar-refractivity contribution is 0.254. The van der Waals surface area contributed by atoms with E-state index >= 15 is 0 Å². The fourth-order valence-electron chi connectivity index (χ4n) is 1.60. The van der Waals surface area contributed by atoms with E-state index in [2.05, 4.69) is 10.6 Å². The molecular weight excluding hydrogens is 238 g/mol. The predicted octanol–water partition coefficient (Wildman–Crippen LogP) is 3.40. The summed E-state index contributed by atoms with van der Waals surface area (Å²) < 4.78 is 26.5. The first-order chi connectivity index (χ1) is 8.58. The summed E-state index contributed by atoms with van der Waals surface area (Å²) in [7, 11) is 0. The summed E-state index contributed by atoms with van der Waals surface area (Å²) >= 11 is 0. The Balaban J connectivity index is 1.96. The lowest BCUT2D eigenvalue weighted by Gasteiger charge is -2.07. The van der Waals surface area contributed by atoms with Gasteiger partial charge in [0, 0.05) is 6.20 Å². The summed E-state index contributed by atoms with van der Waals surface area (Å²) in [5, 5.41) is 4.61. The molecule has 2 amide bonds. The monoisotopic (exact) mass is 252 g/mol. The molecule has 1 aromatic carbocycles. The van der Waals surface area contributed by atoms with E-state index in [9.17, 15) is 13.6 Å². The van der Waals surface area contributed by atoms with Crippen LogP contribution >= 0.6 is 0 Å². The van der Waals surface area contributed by atoms with Crippen LogP contribution in [0.2, 0.25) is 0 Å². The Hall–Kier alpha value is -1.91. The quantitative estimate of drug-likeness (QED) is 0.850. The van der Waals surface area contributed by atoms with Gasteiger partial charge >= 0.3 is 6.03 Å². The third-order valence-electron chi connectivity index (χ3n) is 2.85. The largest absolute Gasteiger partial charge is 0.323 e. The summed E-state index contributed by atoms with van der Waals surface area (Å²) in [6.07, 6.45) is 3.84. The summed E-state index contributed by atoms with van der Waals surface area (Å²) in [4.78, 5) is 11.5. The van der Waals surface area contributed by atoms with Crippen molar-refractivity contribution in [3.8, 4) is 0 Å². The fraction of sp³-hybridized carbons (Fsp3) is 0.308. The van der Waals surface area contributed by atoms with E-state index < -0.39 is 23.4 Å². The van der Waals surface area contributed by atoms with Gasteiger partial charge in [-0.1, -0.05) is 11.6 Å². The molecule has 0 aromatic heterocycles. The number of rotatable bonds is 3. The van der Waals surface area contributed by atoms with Crippen LogP contribution in [-0.2, 0) is 0 Å². The van der Waals surface area contributed by atoms with Gasteiger partial charge in [-0.05, 0) is 37.8 Å². The van der Waals surface area contributed by atoms with Gasteiger partial charge in [-0.15, -0.1) is 0 Å². The van der Waals surface area contributed by atoms with Crippen LogP contribution in [0.25, 0.3) is 0 Å². The number of hydrogen-bond donors (Lipinski definition) is 2. The maximum absolute atomic E-state index is 13.2. The highest BCUT2D eigenvalue weighted by molar-refractivity contribution is 5.90. The zero-order valence-electron chi connectivity index (χ0n) is 9.97. The van der Waals surface area contributed by atoms with Crippen LogP contribution in [-0.4, -0.2) is 6.03 Å². The summed E-state index contributed by atoms with van der Waals surface area (Å²) in [6.45, 7) is 1.92. The number of anilines is 1. The van der Waals surface area contributed by atoms with Crippen molar-refractivity contribution in [1.82, 2.24) is 5.32 Å². The standard InChI is InChI=1S/C13H14F2N2O/c1-8(9-5-6-9)7-16-13(18)17-12-10(14)3-2-4-11(12)15/h2-4,7,9H,5-6H2,1H3,(H2,16,17,18)/b8-7+. The van der Waals surface area contributed by atoms with Gasteiger partial charge in [0.2, 0.25) is 0 Å². The molecule has 18 heavy (non-hydrogen) atoms. The highest BCUT2D eigenvalue weighted by Crippen LogP contribution is 2.35. The number of carbonyl (C=O) groups is 1. The zero-order valence-corrected chi connectivity index (χ0v) is 9.97. The molecule has 96 valence electrons. The third kappa shape index (κ3) is 3.06. The van der Waals surface area contributed by atoms with Gasteiger partial charge in [-0.2, -0.15) is 0 Å². The van der Waals surface area contributed by atoms with Crippen molar-refractivity contribution in [2.75, 3.05) is 5.32 Å². The molecule has 1 aliphatic carbocycles. The molecule has 1 fully saturated rings. The molecule has 0 radical (unpaired) electrons. The molecular formula is C13H14F2N2O. The van der Waals surface area contributed by atoms with E-state index in [1.54, 1.807) is 6.20 Å². The number of allylic oxidation sites excluding steroid dienone is 1. The van der Waals surface area contributed by atoms with Gasteiger partial charge in [0.1, 0.15) is 17.3 Å². The van der Waals surface area contributed by atoms with E-state index in [0.717, 1.165) is 30.5 Å². The van der Waals surface area contributed by atoms with Crippen molar-refractivity contribution in [3.63, 3.8) is 0 Å². The van der Waals surface area contributed by atoms with Gasteiger partial charge in [-0.3, -0.25) is 0 Å². The topological polar surface area (TPSA) is 41.1 Å². The minimum atomic E-state index is -0.798. The van der Waals surface area contributed by atoms with Crippen molar-refractivity contribution in [1.29, 1.82) is 0 Å². The van der Waals surface area contributed by atoms with E-state index in [1.807, 2.05) is 6.92 Å². The Morgan fingerprint density at radius 2 is 1.94 bits per heavy atom. The van der Waals surface area contributed by atoms with Crippen LogP contribution in [0.15, 0.2) is 30.0 Å². The predicted molar refractivity (Wildman–Crippen MR) is 65.0 cm³/mol. The first-order valence-corrected chi connectivity index (χ1v) is 5.76.